The van der Waals surface area contributed by atoms with Crippen LogP contribution in [0, 0.1) is 17.8 Å². The first-order valence-corrected chi connectivity index (χ1v) is 13.8. The molecular weight excluding hydrogens is 534 g/mol. The van der Waals surface area contributed by atoms with Gasteiger partial charge in [-0.2, -0.15) is 5.10 Å². The molecule has 1 aliphatic carbocycles. The van der Waals surface area contributed by atoms with Crippen molar-refractivity contribution >= 4 is 39.4 Å². The Morgan fingerprint density at radius 1 is 1.05 bits per heavy atom. The molecule has 1 saturated heterocycles. The molecule has 7 nitrogen and oxygen atoms in total. The fourth-order valence-corrected chi connectivity index (χ4v) is 6.65. The van der Waals surface area contributed by atoms with E-state index in [4.69, 9.17) is 10.2 Å². The van der Waals surface area contributed by atoms with Crippen LogP contribution in [0.25, 0.3) is 0 Å². The largest absolute Gasteiger partial charge is 0.481 e. The van der Waals surface area contributed by atoms with E-state index in [1.165, 1.54) is 5.01 Å². The summed E-state index contributed by atoms with van der Waals surface area (Å²) < 4.78 is 0.924. The van der Waals surface area contributed by atoms with Crippen molar-refractivity contribution in [3.05, 3.63) is 70.2 Å². The van der Waals surface area contributed by atoms with E-state index < -0.39 is 11.9 Å². The molecule has 0 bridgehead atoms. The fourth-order valence-electron chi connectivity index (χ4n) is 6.38. The number of halogens is 1. The van der Waals surface area contributed by atoms with E-state index in [9.17, 15) is 14.4 Å². The van der Waals surface area contributed by atoms with E-state index in [0.29, 0.717) is 24.0 Å². The van der Waals surface area contributed by atoms with Gasteiger partial charge in [0.05, 0.1) is 24.1 Å². The minimum atomic E-state index is -1.02. The molecule has 0 spiro atoms. The average Bonchev–Trinajstić information content (AvgIpc) is 3.32. The van der Waals surface area contributed by atoms with Crippen molar-refractivity contribution in [2.45, 2.75) is 63.5 Å². The summed E-state index contributed by atoms with van der Waals surface area (Å²) in [5.41, 5.74) is 2.73. The Morgan fingerprint density at radius 2 is 1.78 bits per heavy atom. The minimum Gasteiger partial charge on any atom is -0.481 e. The number of amides is 2. The molecule has 2 aromatic rings. The predicted octanol–water partition coefficient (Wildman–Crippen LogP) is 5.28. The molecule has 0 radical (unpaired) electrons. The molecule has 1 saturated carbocycles. The summed E-state index contributed by atoms with van der Waals surface area (Å²) in [5.74, 6) is -1.03. The smallest absolute Gasteiger partial charge is 0.303 e. The molecule has 2 fully saturated rings. The van der Waals surface area contributed by atoms with Crippen LogP contribution in [0.15, 0.2) is 64.2 Å². The summed E-state index contributed by atoms with van der Waals surface area (Å²) in [6.07, 6.45) is 3.15. The fraction of sp³-hybridized carbons (Fsp3) is 0.448. The van der Waals surface area contributed by atoms with E-state index in [-0.39, 0.29) is 42.7 Å². The summed E-state index contributed by atoms with van der Waals surface area (Å²) in [5, 5.41) is 18.7. The molecule has 5 rings (SSSR count). The number of carboxylic acids is 1. The number of benzene rings is 2. The zero-order valence-electron chi connectivity index (χ0n) is 20.8. The van der Waals surface area contributed by atoms with Gasteiger partial charge in [0.25, 0.3) is 0 Å². The zero-order valence-corrected chi connectivity index (χ0v) is 22.4. The molecule has 6 atom stereocenters. The maximum Gasteiger partial charge on any atom is 0.303 e. The van der Waals surface area contributed by atoms with Crippen LogP contribution in [0.3, 0.4) is 0 Å². The SMILES string of the molecule is CC1CCC2NC(=O)C(C3=NN(C(=O)CCC(=O)O)C(c4ccc(Br)cc4)C3)C(c3ccccc3)C2C1. The number of aliphatic carboxylic acids is 1. The highest BCUT2D eigenvalue weighted by molar-refractivity contribution is 9.10. The van der Waals surface area contributed by atoms with Gasteiger partial charge in [0.1, 0.15) is 0 Å². The molecule has 0 aromatic heterocycles. The summed E-state index contributed by atoms with van der Waals surface area (Å²) >= 11 is 3.46. The molecule has 3 aliphatic rings. The van der Waals surface area contributed by atoms with Crippen LogP contribution in [0.2, 0.25) is 0 Å². The number of rotatable bonds is 6. The average molecular weight is 566 g/mol. The van der Waals surface area contributed by atoms with E-state index in [1.54, 1.807) is 0 Å². The molecule has 8 heteroatoms. The van der Waals surface area contributed by atoms with E-state index in [1.807, 2.05) is 42.5 Å². The topological polar surface area (TPSA) is 99.1 Å². The van der Waals surface area contributed by atoms with Crippen LogP contribution in [0.1, 0.15) is 68.5 Å². The number of carboxylic acid groups (broad SMARTS) is 1. The third-order valence-electron chi connectivity index (χ3n) is 8.13. The molecule has 2 N–H and O–H groups in total. The number of hydrogen-bond donors (Lipinski definition) is 2. The zero-order chi connectivity index (χ0) is 26.1. The van der Waals surface area contributed by atoms with Crippen molar-refractivity contribution in [1.29, 1.82) is 0 Å². The van der Waals surface area contributed by atoms with Crippen LogP contribution in [-0.4, -0.2) is 39.7 Å². The number of fused-ring (bicyclic) bond motifs is 1. The second kappa shape index (κ2) is 10.8. The number of piperidine rings is 1. The number of hydrazone groups is 1. The lowest BCUT2D eigenvalue weighted by Crippen LogP contribution is -2.57. The highest BCUT2D eigenvalue weighted by Gasteiger charge is 2.50. The number of nitrogens with one attached hydrogen (secondary N) is 1. The van der Waals surface area contributed by atoms with Gasteiger partial charge in [-0.3, -0.25) is 14.4 Å². The van der Waals surface area contributed by atoms with E-state index in [2.05, 4.69) is 40.3 Å². The normalized spacial score (nSPS) is 29.3. The molecule has 2 aromatic carbocycles. The first-order chi connectivity index (χ1) is 17.8. The number of carbonyl (C=O) groups excluding carboxylic acids is 2. The van der Waals surface area contributed by atoms with Gasteiger partial charge in [-0.25, -0.2) is 5.01 Å². The maximum absolute atomic E-state index is 13.7. The second-order valence-electron chi connectivity index (χ2n) is 10.6. The Hall–Kier alpha value is -3.00. The first-order valence-electron chi connectivity index (χ1n) is 13.0. The molecule has 6 unspecified atom stereocenters. The van der Waals surface area contributed by atoms with Crippen LogP contribution in [0.4, 0.5) is 0 Å². The highest BCUT2D eigenvalue weighted by Crippen LogP contribution is 2.48. The summed E-state index contributed by atoms with van der Waals surface area (Å²) in [6.45, 7) is 2.28. The van der Waals surface area contributed by atoms with Crippen LogP contribution in [0.5, 0.6) is 0 Å². The number of nitrogens with zero attached hydrogens (tertiary/aromatic N) is 2. The third-order valence-corrected chi connectivity index (χ3v) is 8.66. The Balaban J connectivity index is 1.53. The van der Waals surface area contributed by atoms with Gasteiger partial charge in [-0.15, -0.1) is 0 Å². The van der Waals surface area contributed by atoms with Crippen molar-refractivity contribution in [2.24, 2.45) is 22.9 Å². The van der Waals surface area contributed by atoms with Crippen LogP contribution < -0.4 is 5.32 Å². The molecular formula is C29H32BrN3O4. The molecule has 2 aliphatic heterocycles. The van der Waals surface area contributed by atoms with Crippen molar-refractivity contribution in [1.82, 2.24) is 10.3 Å². The summed E-state index contributed by atoms with van der Waals surface area (Å²) in [7, 11) is 0. The quantitative estimate of drug-likeness (QED) is 0.497. The van der Waals surface area contributed by atoms with E-state index in [0.717, 1.165) is 34.9 Å². The Labute approximate surface area is 225 Å². The second-order valence-corrected chi connectivity index (χ2v) is 11.5. The van der Waals surface area contributed by atoms with Crippen LogP contribution in [-0.2, 0) is 14.4 Å². The Kier molecular flexibility index (Phi) is 7.47. The minimum absolute atomic E-state index is 0.0268. The standard InChI is InChI=1S/C29H32BrN3O4/c1-17-7-12-22-21(15-17)27(19-5-3-2-4-6-19)28(29(37)31-22)23-16-24(18-8-10-20(30)11-9-18)33(32-23)25(34)13-14-26(35)36/h2-6,8-11,17,21-22,24,27-28H,7,12-16H2,1H3,(H,31,37)(H,35,36). The van der Waals surface area contributed by atoms with Crippen molar-refractivity contribution in [3.63, 3.8) is 0 Å². The van der Waals surface area contributed by atoms with Gasteiger partial charge >= 0.3 is 5.97 Å². The lowest BCUT2D eigenvalue weighted by atomic mass is 9.62. The predicted molar refractivity (Wildman–Crippen MR) is 144 cm³/mol. The molecule has 37 heavy (non-hydrogen) atoms. The Bertz CT molecular complexity index is 1200. The number of carbonyl (C=O) groups is 3. The third kappa shape index (κ3) is 5.35. The summed E-state index contributed by atoms with van der Waals surface area (Å²) in [6, 6.07) is 17.7. The van der Waals surface area contributed by atoms with Gasteiger partial charge in [-0.1, -0.05) is 65.3 Å². The Morgan fingerprint density at radius 3 is 2.49 bits per heavy atom. The lowest BCUT2D eigenvalue weighted by Gasteiger charge is -2.47. The van der Waals surface area contributed by atoms with Crippen molar-refractivity contribution in [3.8, 4) is 0 Å². The molecule has 2 amide bonds. The van der Waals surface area contributed by atoms with Gasteiger partial charge in [0, 0.05) is 29.3 Å². The van der Waals surface area contributed by atoms with Crippen molar-refractivity contribution < 1.29 is 19.5 Å². The maximum atomic E-state index is 13.7. The van der Waals surface area contributed by atoms with Gasteiger partial charge in [-0.05, 0) is 54.4 Å². The summed E-state index contributed by atoms with van der Waals surface area (Å²) in [4.78, 5) is 38.0. The first kappa shape index (κ1) is 25.6. The lowest BCUT2D eigenvalue weighted by molar-refractivity contribution is -0.141. The highest BCUT2D eigenvalue weighted by atomic mass is 79.9. The molecule has 194 valence electrons. The van der Waals surface area contributed by atoms with E-state index >= 15 is 0 Å². The number of hydrogen-bond acceptors (Lipinski definition) is 4. The van der Waals surface area contributed by atoms with Crippen molar-refractivity contribution in [2.75, 3.05) is 0 Å². The monoisotopic (exact) mass is 565 g/mol. The van der Waals surface area contributed by atoms with Gasteiger partial charge in [0.2, 0.25) is 11.8 Å². The van der Waals surface area contributed by atoms with Crippen LogP contribution >= 0.6 is 15.9 Å². The molecule has 2 heterocycles. The van der Waals surface area contributed by atoms with Gasteiger partial charge in [0.15, 0.2) is 0 Å². The van der Waals surface area contributed by atoms with Gasteiger partial charge < -0.3 is 10.4 Å².